The Bertz CT molecular complexity index is 229. The Morgan fingerprint density at radius 1 is 1.60 bits per heavy atom. The van der Waals surface area contributed by atoms with Crippen LogP contribution in [-0.2, 0) is 4.79 Å². The first kappa shape index (κ1) is 11.3. The molecule has 0 saturated carbocycles. The average Bonchev–Trinajstić information content (AvgIpc) is 2.70. The van der Waals surface area contributed by atoms with E-state index in [2.05, 4.69) is 12.2 Å². The highest BCUT2D eigenvalue weighted by molar-refractivity contribution is 7.99. The van der Waals surface area contributed by atoms with Crippen molar-refractivity contribution in [2.45, 2.75) is 37.5 Å². The van der Waals surface area contributed by atoms with Crippen LogP contribution in [0.25, 0.3) is 0 Å². The van der Waals surface area contributed by atoms with Crippen LogP contribution in [0, 0.1) is 0 Å². The van der Waals surface area contributed by atoms with Crippen molar-refractivity contribution in [3.05, 3.63) is 0 Å². The molecule has 2 unspecified atom stereocenters. The zero-order valence-corrected chi connectivity index (χ0v) is 10.2. The molecule has 2 aliphatic rings. The third-order valence-corrected chi connectivity index (χ3v) is 4.31. The molecule has 1 N–H and O–H groups in total. The van der Waals surface area contributed by atoms with Gasteiger partial charge in [-0.05, 0) is 19.4 Å². The molecule has 2 saturated heterocycles. The smallest absolute Gasteiger partial charge is 0.224 e. The van der Waals surface area contributed by atoms with Gasteiger partial charge in [-0.2, -0.15) is 11.8 Å². The van der Waals surface area contributed by atoms with E-state index in [4.69, 9.17) is 0 Å². The number of nitrogens with zero attached hydrogens (tertiary/aromatic N) is 1. The minimum Gasteiger partial charge on any atom is -0.341 e. The summed E-state index contributed by atoms with van der Waals surface area (Å²) in [5.74, 6) is 1.45. The first-order valence-electron chi connectivity index (χ1n) is 5.88. The Morgan fingerprint density at radius 2 is 2.47 bits per heavy atom. The maximum Gasteiger partial charge on any atom is 0.224 e. The van der Waals surface area contributed by atoms with E-state index in [1.807, 2.05) is 16.7 Å². The molecule has 1 amide bonds. The zero-order valence-electron chi connectivity index (χ0n) is 9.37. The van der Waals surface area contributed by atoms with Gasteiger partial charge in [0.2, 0.25) is 5.91 Å². The van der Waals surface area contributed by atoms with Gasteiger partial charge in [0, 0.05) is 36.6 Å². The van der Waals surface area contributed by atoms with E-state index in [1.54, 1.807) is 0 Å². The predicted molar refractivity (Wildman–Crippen MR) is 64.1 cm³/mol. The summed E-state index contributed by atoms with van der Waals surface area (Å²) >= 11 is 1.97. The van der Waals surface area contributed by atoms with E-state index < -0.39 is 0 Å². The van der Waals surface area contributed by atoms with Crippen LogP contribution in [0.1, 0.15) is 26.2 Å². The number of rotatable bonds is 2. The van der Waals surface area contributed by atoms with E-state index in [1.165, 1.54) is 12.8 Å². The van der Waals surface area contributed by atoms with E-state index in [0.29, 0.717) is 23.6 Å². The van der Waals surface area contributed by atoms with Crippen molar-refractivity contribution in [2.75, 3.05) is 25.4 Å². The van der Waals surface area contributed by atoms with Crippen molar-refractivity contribution in [3.63, 3.8) is 0 Å². The molecule has 0 bridgehead atoms. The van der Waals surface area contributed by atoms with Crippen LogP contribution < -0.4 is 5.32 Å². The number of hydrogen-bond acceptors (Lipinski definition) is 3. The minimum absolute atomic E-state index is 0.349. The number of nitrogens with one attached hydrogen (secondary N) is 1. The van der Waals surface area contributed by atoms with Crippen LogP contribution in [0.2, 0.25) is 0 Å². The van der Waals surface area contributed by atoms with E-state index in [-0.39, 0.29) is 0 Å². The van der Waals surface area contributed by atoms with Crippen molar-refractivity contribution < 1.29 is 4.79 Å². The fourth-order valence-electron chi connectivity index (χ4n) is 2.32. The molecule has 2 aliphatic heterocycles. The fourth-order valence-corrected chi connectivity index (χ4v) is 3.33. The second-order valence-corrected chi connectivity index (χ2v) is 6.06. The first-order valence-corrected chi connectivity index (χ1v) is 6.93. The molecule has 2 fully saturated rings. The van der Waals surface area contributed by atoms with Crippen molar-refractivity contribution in [2.24, 2.45) is 0 Å². The van der Waals surface area contributed by atoms with E-state index >= 15 is 0 Å². The molecule has 2 atom stereocenters. The maximum absolute atomic E-state index is 12.0. The summed E-state index contributed by atoms with van der Waals surface area (Å²) in [6.45, 7) is 5.18. The first-order chi connectivity index (χ1) is 7.25. The summed E-state index contributed by atoms with van der Waals surface area (Å²) in [5, 5.41) is 4.00. The Hall–Kier alpha value is -0.220. The summed E-state index contributed by atoms with van der Waals surface area (Å²) < 4.78 is 0. The third-order valence-electron chi connectivity index (χ3n) is 3.18. The SMILES string of the molecule is CC1CN(C(=O)CC2CCCN2)CCS1. The highest BCUT2D eigenvalue weighted by Gasteiger charge is 2.24. The van der Waals surface area contributed by atoms with E-state index in [0.717, 1.165) is 25.4 Å². The lowest BCUT2D eigenvalue weighted by Gasteiger charge is -2.31. The Balaban J connectivity index is 1.78. The quantitative estimate of drug-likeness (QED) is 0.768. The minimum atomic E-state index is 0.349. The van der Waals surface area contributed by atoms with Gasteiger partial charge in [-0.1, -0.05) is 6.92 Å². The molecule has 0 spiro atoms. The van der Waals surface area contributed by atoms with Crippen LogP contribution >= 0.6 is 11.8 Å². The molecule has 3 nitrogen and oxygen atoms in total. The molecule has 2 rings (SSSR count). The number of hydrogen-bond donors (Lipinski definition) is 1. The summed E-state index contributed by atoms with van der Waals surface area (Å²) in [5.41, 5.74) is 0. The summed E-state index contributed by atoms with van der Waals surface area (Å²) in [6.07, 6.45) is 3.10. The van der Waals surface area contributed by atoms with Crippen molar-refractivity contribution >= 4 is 17.7 Å². The number of carbonyl (C=O) groups is 1. The molecule has 15 heavy (non-hydrogen) atoms. The fraction of sp³-hybridized carbons (Fsp3) is 0.909. The highest BCUT2D eigenvalue weighted by Crippen LogP contribution is 2.19. The summed E-state index contributed by atoms with van der Waals surface area (Å²) in [4.78, 5) is 14.0. The maximum atomic E-state index is 12.0. The molecule has 0 aromatic rings. The molecule has 0 radical (unpaired) electrons. The Morgan fingerprint density at radius 3 is 3.13 bits per heavy atom. The van der Waals surface area contributed by atoms with Crippen LogP contribution in [-0.4, -0.2) is 47.5 Å². The van der Waals surface area contributed by atoms with Gasteiger partial charge in [0.15, 0.2) is 0 Å². The largest absolute Gasteiger partial charge is 0.341 e. The van der Waals surface area contributed by atoms with E-state index in [9.17, 15) is 4.79 Å². The monoisotopic (exact) mass is 228 g/mol. The lowest BCUT2D eigenvalue weighted by Crippen LogP contribution is -2.43. The van der Waals surface area contributed by atoms with Gasteiger partial charge < -0.3 is 10.2 Å². The number of amides is 1. The predicted octanol–water partition coefficient (Wildman–Crippen LogP) is 1.09. The van der Waals surface area contributed by atoms with Crippen molar-refractivity contribution in [1.82, 2.24) is 10.2 Å². The summed E-state index contributed by atoms with van der Waals surface area (Å²) in [7, 11) is 0. The molecular formula is C11H20N2OS. The van der Waals surface area contributed by atoms with Gasteiger partial charge >= 0.3 is 0 Å². The Kier molecular flexibility index (Phi) is 3.92. The zero-order chi connectivity index (χ0) is 10.7. The molecular weight excluding hydrogens is 208 g/mol. The summed E-state index contributed by atoms with van der Waals surface area (Å²) in [6, 6.07) is 0.447. The second-order valence-electron chi connectivity index (χ2n) is 4.52. The van der Waals surface area contributed by atoms with Crippen LogP contribution in [0.5, 0.6) is 0 Å². The lowest BCUT2D eigenvalue weighted by atomic mass is 10.1. The molecule has 86 valence electrons. The molecule has 2 heterocycles. The average molecular weight is 228 g/mol. The molecule has 0 aliphatic carbocycles. The van der Waals surface area contributed by atoms with Crippen molar-refractivity contribution in [3.8, 4) is 0 Å². The van der Waals surface area contributed by atoms with Gasteiger partial charge in [-0.3, -0.25) is 4.79 Å². The van der Waals surface area contributed by atoms with Crippen LogP contribution in [0.4, 0.5) is 0 Å². The number of thioether (sulfide) groups is 1. The van der Waals surface area contributed by atoms with Gasteiger partial charge in [0.25, 0.3) is 0 Å². The number of carbonyl (C=O) groups excluding carboxylic acids is 1. The van der Waals surface area contributed by atoms with Gasteiger partial charge in [0.1, 0.15) is 0 Å². The van der Waals surface area contributed by atoms with Gasteiger partial charge in [-0.25, -0.2) is 0 Å². The van der Waals surface area contributed by atoms with Crippen LogP contribution in [0.15, 0.2) is 0 Å². The van der Waals surface area contributed by atoms with Gasteiger partial charge in [0.05, 0.1) is 0 Å². The molecule has 0 aromatic heterocycles. The molecule has 0 aromatic carbocycles. The third kappa shape index (κ3) is 3.11. The standard InChI is InChI=1S/C11H20N2OS/c1-9-8-13(5-6-15-9)11(14)7-10-3-2-4-12-10/h9-10,12H,2-8H2,1H3. The Labute approximate surface area is 96.0 Å². The second kappa shape index (κ2) is 5.21. The topological polar surface area (TPSA) is 32.3 Å². The van der Waals surface area contributed by atoms with Crippen molar-refractivity contribution in [1.29, 1.82) is 0 Å². The van der Waals surface area contributed by atoms with Gasteiger partial charge in [-0.15, -0.1) is 0 Å². The van der Waals surface area contributed by atoms with Crippen LogP contribution in [0.3, 0.4) is 0 Å². The highest BCUT2D eigenvalue weighted by atomic mass is 32.2. The molecule has 4 heteroatoms. The lowest BCUT2D eigenvalue weighted by molar-refractivity contribution is -0.131. The normalized spacial score (nSPS) is 31.9.